The molecule has 0 heterocycles. The number of alkyl halides is 3. The van der Waals surface area contributed by atoms with Gasteiger partial charge in [-0.2, -0.15) is 13.2 Å². The van der Waals surface area contributed by atoms with Crippen molar-refractivity contribution in [3.63, 3.8) is 0 Å². The van der Waals surface area contributed by atoms with Gasteiger partial charge in [0.15, 0.2) is 0 Å². The molecular formula is C15H13ClF3N. The first-order valence-electron chi connectivity index (χ1n) is 6.04. The summed E-state index contributed by atoms with van der Waals surface area (Å²) in [5, 5.41) is 0.565. The van der Waals surface area contributed by atoms with E-state index in [0.29, 0.717) is 17.0 Å². The molecule has 0 radical (unpaired) electrons. The van der Waals surface area contributed by atoms with Crippen LogP contribution in [0.3, 0.4) is 0 Å². The number of benzene rings is 2. The first-order chi connectivity index (χ1) is 9.38. The van der Waals surface area contributed by atoms with Crippen molar-refractivity contribution in [2.24, 2.45) is 5.73 Å². The SMILES string of the molecule is NC(Cc1ccccc1Cl)c1cccc(C(F)(F)F)c1. The summed E-state index contributed by atoms with van der Waals surface area (Å²) in [5.41, 5.74) is 6.55. The van der Waals surface area contributed by atoms with E-state index in [-0.39, 0.29) is 0 Å². The van der Waals surface area contributed by atoms with Crippen LogP contribution >= 0.6 is 11.6 Å². The molecule has 0 aromatic heterocycles. The molecule has 1 unspecified atom stereocenters. The number of halogens is 4. The minimum Gasteiger partial charge on any atom is -0.324 e. The minimum atomic E-state index is -4.36. The van der Waals surface area contributed by atoms with Crippen LogP contribution in [0.5, 0.6) is 0 Å². The normalized spacial score (nSPS) is 13.2. The van der Waals surface area contributed by atoms with Crippen molar-refractivity contribution >= 4 is 11.6 Å². The van der Waals surface area contributed by atoms with Gasteiger partial charge in [0.2, 0.25) is 0 Å². The Bertz CT molecular complexity index is 596. The third-order valence-electron chi connectivity index (χ3n) is 3.04. The minimum absolute atomic E-state index is 0.390. The standard InChI is InChI=1S/C15H13ClF3N/c16-13-7-2-1-4-10(13)9-14(20)11-5-3-6-12(8-11)15(17,18)19/h1-8,14H,9,20H2. The monoisotopic (exact) mass is 299 g/mol. The average molecular weight is 300 g/mol. The Hall–Kier alpha value is -1.52. The number of nitrogens with two attached hydrogens (primary N) is 1. The summed E-state index contributed by atoms with van der Waals surface area (Å²) in [6.45, 7) is 0. The second kappa shape index (κ2) is 5.85. The largest absolute Gasteiger partial charge is 0.416 e. The smallest absolute Gasteiger partial charge is 0.324 e. The van der Waals surface area contributed by atoms with Crippen molar-refractivity contribution in [2.45, 2.75) is 18.6 Å². The molecule has 5 heteroatoms. The number of rotatable bonds is 3. The maximum atomic E-state index is 12.7. The van der Waals surface area contributed by atoms with Crippen LogP contribution in [0.4, 0.5) is 13.2 Å². The molecule has 0 spiro atoms. The molecule has 0 saturated heterocycles. The lowest BCUT2D eigenvalue weighted by atomic mass is 9.98. The highest BCUT2D eigenvalue weighted by molar-refractivity contribution is 6.31. The molecule has 0 aliphatic rings. The van der Waals surface area contributed by atoms with Crippen LogP contribution in [0.1, 0.15) is 22.7 Å². The molecular weight excluding hydrogens is 287 g/mol. The summed E-state index contributed by atoms with van der Waals surface area (Å²) in [6, 6.07) is 11.7. The van der Waals surface area contributed by atoms with Crippen LogP contribution < -0.4 is 5.73 Å². The third-order valence-corrected chi connectivity index (χ3v) is 3.41. The van der Waals surface area contributed by atoms with Gasteiger partial charge in [0, 0.05) is 11.1 Å². The van der Waals surface area contributed by atoms with Crippen LogP contribution in [-0.4, -0.2) is 0 Å². The first kappa shape index (κ1) is 14.9. The fraction of sp³-hybridized carbons (Fsp3) is 0.200. The molecule has 0 fully saturated rings. The molecule has 2 N–H and O–H groups in total. The van der Waals surface area contributed by atoms with Gasteiger partial charge in [0.1, 0.15) is 0 Å². The molecule has 0 amide bonds. The highest BCUT2D eigenvalue weighted by Crippen LogP contribution is 2.31. The van der Waals surface area contributed by atoms with E-state index in [4.69, 9.17) is 17.3 Å². The fourth-order valence-corrected chi connectivity index (χ4v) is 2.18. The maximum Gasteiger partial charge on any atom is 0.416 e. The predicted molar refractivity (Wildman–Crippen MR) is 73.5 cm³/mol. The second-order valence-corrected chi connectivity index (χ2v) is 4.93. The summed E-state index contributed by atoms with van der Waals surface area (Å²) in [4.78, 5) is 0. The van der Waals surface area contributed by atoms with Crippen LogP contribution in [-0.2, 0) is 12.6 Å². The van der Waals surface area contributed by atoms with E-state index in [9.17, 15) is 13.2 Å². The molecule has 0 aliphatic heterocycles. The van der Waals surface area contributed by atoms with Gasteiger partial charge in [0.05, 0.1) is 5.56 Å². The Balaban J connectivity index is 2.22. The van der Waals surface area contributed by atoms with Gasteiger partial charge in [-0.3, -0.25) is 0 Å². The van der Waals surface area contributed by atoms with E-state index in [2.05, 4.69) is 0 Å². The lowest BCUT2D eigenvalue weighted by Gasteiger charge is -2.15. The fourth-order valence-electron chi connectivity index (χ4n) is 1.96. The van der Waals surface area contributed by atoms with Crippen LogP contribution in [0.15, 0.2) is 48.5 Å². The molecule has 1 atom stereocenters. The third kappa shape index (κ3) is 3.52. The summed E-state index contributed by atoms with van der Waals surface area (Å²) in [5.74, 6) is 0. The lowest BCUT2D eigenvalue weighted by Crippen LogP contribution is -2.15. The topological polar surface area (TPSA) is 26.0 Å². The zero-order chi connectivity index (χ0) is 14.8. The molecule has 0 aliphatic carbocycles. The number of hydrogen-bond donors (Lipinski definition) is 1. The van der Waals surface area contributed by atoms with E-state index >= 15 is 0 Å². The van der Waals surface area contributed by atoms with Crippen molar-refractivity contribution in [1.29, 1.82) is 0 Å². The summed E-state index contributed by atoms with van der Waals surface area (Å²) in [7, 11) is 0. The van der Waals surface area contributed by atoms with Crippen LogP contribution in [0, 0.1) is 0 Å². The summed E-state index contributed by atoms with van der Waals surface area (Å²) >= 11 is 6.02. The maximum absolute atomic E-state index is 12.7. The Morgan fingerprint density at radius 3 is 2.40 bits per heavy atom. The molecule has 20 heavy (non-hydrogen) atoms. The van der Waals surface area contributed by atoms with Crippen molar-refractivity contribution < 1.29 is 13.2 Å². The van der Waals surface area contributed by atoms with Crippen molar-refractivity contribution in [3.05, 3.63) is 70.2 Å². The van der Waals surface area contributed by atoms with Gasteiger partial charge in [-0.05, 0) is 35.7 Å². The molecule has 0 bridgehead atoms. The lowest BCUT2D eigenvalue weighted by molar-refractivity contribution is -0.137. The Morgan fingerprint density at radius 2 is 1.75 bits per heavy atom. The molecule has 2 aromatic rings. The van der Waals surface area contributed by atoms with Gasteiger partial charge < -0.3 is 5.73 Å². The van der Waals surface area contributed by atoms with Gasteiger partial charge >= 0.3 is 6.18 Å². The molecule has 106 valence electrons. The van der Waals surface area contributed by atoms with Crippen molar-refractivity contribution in [3.8, 4) is 0 Å². The summed E-state index contributed by atoms with van der Waals surface area (Å²) < 4.78 is 38.0. The highest BCUT2D eigenvalue weighted by Gasteiger charge is 2.30. The zero-order valence-corrected chi connectivity index (χ0v) is 11.2. The van der Waals surface area contributed by atoms with E-state index in [1.807, 2.05) is 12.1 Å². The van der Waals surface area contributed by atoms with Crippen molar-refractivity contribution in [1.82, 2.24) is 0 Å². The zero-order valence-electron chi connectivity index (χ0n) is 10.5. The van der Waals surface area contributed by atoms with Crippen LogP contribution in [0.25, 0.3) is 0 Å². The Kier molecular flexibility index (Phi) is 4.35. The van der Waals surface area contributed by atoms with Gasteiger partial charge in [0.25, 0.3) is 0 Å². The van der Waals surface area contributed by atoms with Gasteiger partial charge in [-0.25, -0.2) is 0 Å². The van der Waals surface area contributed by atoms with E-state index in [0.717, 1.165) is 17.7 Å². The van der Waals surface area contributed by atoms with Gasteiger partial charge in [-0.15, -0.1) is 0 Å². The molecule has 1 nitrogen and oxygen atoms in total. The molecule has 0 saturated carbocycles. The summed E-state index contributed by atoms with van der Waals surface area (Å²) in [6.07, 6.45) is -3.97. The van der Waals surface area contributed by atoms with E-state index in [1.54, 1.807) is 18.2 Å². The van der Waals surface area contributed by atoms with Crippen LogP contribution in [0.2, 0.25) is 5.02 Å². The highest BCUT2D eigenvalue weighted by atomic mass is 35.5. The van der Waals surface area contributed by atoms with E-state index in [1.165, 1.54) is 6.07 Å². The van der Waals surface area contributed by atoms with Gasteiger partial charge in [-0.1, -0.05) is 41.9 Å². The van der Waals surface area contributed by atoms with E-state index < -0.39 is 17.8 Å². The molecule has 2 aromatic carbocycles. The Labute approximate surface area is 120 Å². The predicted octanol–water partition coefficient (Wildman–Crippen LogP) is 4.60. The Morgan fingerprint density at radius 1 is 1.05 bits per heavy atom. The molecule has 2 rings (SSSR count). The number of hydrogen-bond acceptors (Lipinski definition) is 1. The first-order valence-corrected chi connectivity index (χ1v) is 6.42. The average Bonchev–Trinajstić information content (AvgIpc) is 2.40. The quantitative estimate of drug-likeness (QED) is 0.880. The second-order valence-electron chi connectivity index (χ2n) is 4.53. The van der Waals surface area contributed by atoms with Crippen molar-refractivity contribution in [2.75, 3.05) is 0 Å².